The Morgan fingerprint density at radius 3 is 1.97 bits per heavy atom. The number of piperidine rings is 1. The van der Waals surface area contributed by atoms with Crippen molar-refractivity contribution in [1.82, 2.24) is 9.80 Å². The van der Waals surface area contributed by atoms with E-state index < -0.39 is 0 Å². The Morgan fingerprint density at radius 2 is 1.34 bits per heavy atom. The molecule has 1 fully saturated rings. The molecule has 0 bridgehead atoms. The van der Waals surface area contributed by atoms with Gasteiger partial charge in [-0.2, -0.15) is 0 Å². The molecule has 29 heavy (non-hydrogen) atoms. The minimum absolute atomic E-state index is 0.168. The van der Waals surface area contributed by atoms with E-state index in [1.165, 1.54) is 10.5 Å². The normalized spacial score (nSPS) is 17.9. The highest BCUT2D eigenvalue weighted by Crippen LogP contribution is 2.30. The van der Waals surface area contributed by atoms with Crippen LogP contribution >= 0.6 is 0 Å². The molecule has 1 saturated heterocycles. The highest BCUT2D eigenvalue weighted by molar-refractivity contribution is 6.25. The summed E-state index contributed by atoms with van der Waals surface area (Å²) < 4.78 is 0. The standard InChI is InChI=1S/C25H24N2O2/c28-24-21-10-4-8-20-9-5-11-22(23(20)21)25(29)27(24)17-16-26-14-12-19(13-15-26)18-6-2-1-3-7-18/h1-11,19H,12-17H2. The summed E-state index contributed by atoms with van der Waals surface area (Å²) in [7, 11) is 0. The lowest BCUT2D eigenvalue weighted by Crippen LogP contribution is -2.45. The Balaban J connectivity index is 1.26. The second-order valence-corrected chi connectivity index (χ2v) is 8.00. The van der Waals surface area contributed by atoms with Crippen LogP contribution in [-0.2, 0) is 0 Å². The molecule has 4 nitrogen and oxygen atoms in total. The Labute approximate surface area is 170 Å². The maximum Gasteiger partial charge on any atom is 0.261 e. The largest absolute Gasteiger partial charge is 0.302 e. The van der Waals surface area contributed by atoms with Gasteiger partial charge in [-0.05, 0) is 54.9 Å². The molecule has 2 aliphatic rings. The van der Waals surface area contributed by atoms with E-state index in [9.17, 15) is 9.59 Å². The second kappa shape index (κ2) is 7.45. The van der Waals surface area contributed by atoms with Crippen LogP contribution in [0.15, 0.2) is 66.7 Å². The third kappa shape index (κ3) is 3.23. The fourth-order valence-electron chi connectivity index (χ4n) is 4.74. The predicted octanol–water partition coefficient (Wildman–Crippen LogP) is 4.32. The van der Waals surface area contributed by atoms with Gasteiger partial charge in [0.05, 0.1) is 0 Å². The fourth-order valence-corrected chi connectivity index (χ4v) is 4.74. The minimum Gasteiger partial charge on any atom is -0.302 e. The number of benzene rings is 3. The van der Waals surface area contributed by atoms with Crippen molar-refractivity contribution >= 4 is 22.6 Å². The zero-order valence-electron chi connectivity index (χ0n) is 16.4. The van der Waals surface area contributed by atoms with Crippen LogP contribution in [-0.4, -0.2) is 47.8 Å². The summed E-state index contributed by atoms with van der Waals surface area (Å²) in [6.45, 7) is 3.18. The first kappa shape index (κ1) is 18.1. The average molecular weight is 384 g/mol. The molecule has 0 radical (unpaired) electrons. The van der Waals surface area contributed by atoms with Gasteiger partial charge in [0, 0.05) is 29.6 Å². The second-order valence-electron chi connectivity index (χ2n) is 8.00. The highest BCUT2D eigenvalue weighted by atomic mass is 16.2. The zero-order chi connectivity index (χ0) is 19.8. The number of amides is 2. The first-order chi connectivity index (χ1) is 14.2. The Bertz CT molecular complexity index is 1020. The first-order valence-electron chi connectivity index (χ1n) is 10.4. The summed E-state index contributed by atoms with van der Waals surface area (Å²) in [4.78, 5) is 29.8. The van der Waals surface area contributed by atoms with Crippen LogP contribution in [0.3, 0.4) is 0 Å². The van der Waals surface area contributed by atoms with Crippen molar-refractivity contribution in [3.05, 3.63) is 83.4 Å². The smallest absolute Gasteiger partial charge is 0.261 e. The van der Waals surface area contributed by atoms with E-state index in [4.69, 9.17) is 0 Å². The number of likely N-dealkylation sites (tertiary alicyclic amines) is 1. The van der Waals surface area contributed by atoms with Gasteiger partial charge < -0.3 is 4.90 Å². The van der Waals surface area contributed by atoms with Crippen LogP contribution in [0.5, 0.6) is 0 Å². The molecule has 4 heteroatoms. The quantitative estimate of drug-likeness (QED) is 0.629. The minimum atomic E-state index is -0.168. The van der Waals surface area contributed by atoms with Crippen molar-refractivity contribution in [2.45, 2.75) is 18.8 Å². The van der Waals surface area contributed by atoms with Gasteiger partial charge in [-0.1, -0.05) is 54.6 Å². The number of imide groups is 1. The van der Waals surface area contributed by atoms with Gasteiger partial charge in [0.25, 0.3) is 11.8 Å². The van der Waals surface area contributed by atoms with E-state index in [0.29, 0.717) is 23.6 Å². The molecule has 3 aromatic carbocycles. The molecule has 2 amide bonds. The molecule has 0 N–H and O–H groups in total. The van der Waals surface area contributed by atoms with Crippen LogP contribution in [0.2, 0.25) is 0 Å². The topological polar surface area (TPSA) is 40.6 Å². The summed E-state index contributed by atoms with van der Waals surface area (Å²) in [6, 6.07) is 22.0. The van der Waals surface area contributed by atoms with Crippen molar-refractivity contribution < 1.29 is 9.59 Å². The maximum absolute atomic E-state index is 13.0. The summed E-state index contributed by atoms with van der Waals surface area (Å²) in [5.74, 6) is 0.270. The molecule has 146 valence electrons. The molecule has 5 rings (SSSR count). The van der Waals surface area contributed by atoms with Crippen LogP contribution < -0.4 is 0 Å². The summed E-state index contributed by atoms with van der Waals surface area (Å²) in [6.07, 6.45) is 2.24. The van der Waals surface area contributed by atoms with E-state index in [1.807, 2.05) is 36.4 Å². The third-order valence-electron chi connectivity index (χ3n) is 6.35. The summed E-state index contributed by atoms with van der Waals surface area (Å²) >= 11 is 0. The SMILES string of the molecule is O=C1c2cccc3cccc(c23)C(=O)N1CCN1CCC(c2ccccc2)CC1. The van der Waals surface area contributed by atoms with Gasteiger partial charge in [-0.25, -0.2) is 0 Å². The molecule has 3 aromatic rings. The molecule has 0 saturated carbocycles. The summed E-state index contributed by atoms with van der Waals surface area (Å²) in [5.41, 5.74) is 2.69. The third-order valence-corrected chi connectivity index (χ3v) is 6.35. The van der Waals surface area contributed by atoms with Crippen LogP contribution in [0, 0.1) is 0 Å². The molecule has 0 aromatic heterocycles. The molecule has 0 atom stereocenters. The number of rotatable bonds is 4. The fraction of sp³-hybridized carbons (Fsp3) is 0.280. The molecule has 0 unspecified atom stereocenters. The lowest BCUT2D eigenvalue weighted by molar-refractivity contribution is 0.0586. The zero-order valence-corrected chi connectivity index (χ0v) is 16.4. The average Bonchev–Trinajstić information content (AvgIpc) is 2.78. The highest BCUT2D eigenvalue weighted by Gasteiger charge is 2.33. The van der Waals surface area contributed by atoms with Crippen LogP contribution in [0.1, 0.15) is 45.0 Å². The van der Waals surface area contributed by atoms with Gasteiger partial charge >= 0.3 is 0 Å². The van der Waals surface area contributed by atoms with Crippen molar-refractivity contribution in [2.75, 3.05) is 26.2 Å². The van der Waals surface area contributed by atoms with E-state index in [2.05, 4.69) is 35.2 Å². The lowest BCUT2D eigenvalue weighted by atomic mass is 9.89. The first-order valence-corrected chi connectivity index (χ1v) is 10.4. The van der Waals surface area contributed by atoms with E-state index in [-0.39, 0.29) is 11.8 Å². The Morgan fingerprint density at radius 1 is 0.724 bits per heavy atom. The van der Waals surface area contributed by atoms with Gasteiger partial charge in [-0.15, -0.1) is 0 Å². The molecular weight excluding hydrogens is 360 g/mol. The van der Waals surface area contributed by atoms with Crippen LogP contribution in [0.25, 0.3) is 10.8 Å². The maximum atomic E-state index is 13.0. The molecule has 0 aliphatic carbocycles. The van der Waals surface area contributed by atoms with E-state index >= 15 is 0 Å². The Kier molecular flexibility index (Phi) is 4.64. The van der Waals surface area contributed by atoms with Gasteiger partial charge in [0.15, 0.2) is 0 Å². The Hall–Kier alpha value is -2.98. The molecular formula is C25H24N2O2. The summed E-state index contributed by atoms with van der Waals surface area (Å²) in [5, 5.41) is 1.74. The van der Waals surface area contributed by atoms with Crippen molar-refractivity contribution in [2.24, 2.45) is 0 Å². The van der Waals surface area contributed by atoms with Gasteiger partial charge in [-0.3, -0.25) is 14.5 Å². The lowest BCUT2D eigenvalue weighted by Gasteiger charge is -2.34. The van der Waals surface area contributed by atoms with Gasteiger partial charge in [0.1, 0.15) is 0 Å². The van der Waals surface area contributed by atoms with Crippen LogP contribution in [0.4, 0.5) is 0 Å². The number of carbonyl (C=O) groups is 2. The predicted molar refractivity (Wildman–Crippen MR) is 114 cm³/mol. The van der Waals surface area contributed by atoms with Crippen molar-refractivity contribution in [3.63, 3.8) is 0 Å². The number of nitrogens with zero attached hydrogens (tertiary/aromatic N) is 2. The van der Waals surface area contributed by atoms with Gasteiger partial charge in [0.2, 0.25) is 0 Å². The number of hydrogen-bond acceptors (Lipinski definition) is 3. The number of carbonyl (C=O) groups excluding carboxylic acids is 2. The monoisotopic (exact) mass is 384 g/mol. The molecule has 2 aliphatic heterocycles. The van der Waals surface area contributed by atoms with Crippen molar-refractivity contribution in [3.8, 4) is 0 Å². The molecule has 2 heterocycles. The number of hydrogen-bond donors (Lipinski definition) is 0. The van der Waals surface area contributed by atoms with E-state index in [0.717, 1.165) is 43.2 Å². The molecule has 0 spiro atoms. The van der Waals surface area contributed by atoms with E-state index in [1.54, 1.807) is 0 Å². The van der Waals surface area contributed by atoms with Crippen molar-refractivity contribution in [1.29, 1.82) is 0 Å².